The van der Waals surface area contributed by atoms with Crippen LogP contribution in [0.4, 0.5) is 5.69 Å². The standard InChI is InChI=1S/C23H29N3O4S/c1-15(2)23(28)26-11-10-19(14-26)24-22(27)21-13-20(9-8-17(21)4)31(29,30)25-18-7-5-6-16(3)12-18/h5-9,12-13,15,19,25H,10-11,14H2,1-4H3,(H,24,27). The van der Waals surface area contributed by atoms with Crippen LogP contribution in [-0.2, 0) is 14.8 Å². The van der Waals surface area contributed by atoms with Crippen LogP contribution in [0.2, 0.25) is 0 Å². The van der Waals surface area contributed by atoms with Crippen molar-refractivity contribution in [3.63, 3.8) is 0 Å². The molecule has 0 bridgehead atoms. The summed E-state index contributed by atoms with van der Waals surface area (Å²) in [5, 5.41) is 2.95. The Balaban J connectivity index is 1.75. The van der Waals surface area contributed by atoms with Crippen molar-refractivity contribution in [3.8, 4) is 0 Å². The van der Waals surface area contributed by atoms with E-state index in [0.717, 1.165) is 5.56 Å². The summed E-state index contributed by atoms with van der Waals surface area (Å²) >= 11 is 0. The van der Waals surface area contributed by atoms with Gasteiger partial charge in [0.1, 0.15) is 0 Å². The maximum Gasteiger partial charge on any atom is 0.261 e. The number of amides is 2. The number of likely N-dealkylation sites (tertiary alicyclic amines) is 1. The van der Waals surface area contributed by atoms with Crippen LogP contribution in [0.15, 0.2) is 47.4 Å². The molecule has 1 saturated heterocycles. The Kier molecular flexibility index (Phi) is 6.69. The highest BCUT2D eigenvalue weighted by Gasteiger charge is 2.29. The molecule has 8 heteroatoms. The van der Waals surface area contributed by atoms with Gasteiger partial charge in [0.15, 0.2) is 0 Å². The second-order valence-electron chi connectivity index (χ2n) is 8.35. The quantitative estimate of drug-likeness (QED) is 0.717. The number of nitrogens with one attached hydrogen (secondary N) is 2. The van der Waals surface area contributed by atoms with Crippen LogP contribution < -0.4 is 10.0 Å². The van der Waals surface area contributed by atoms with E-state index in [-0.39, 0.29) is 28.7 Å². The van der Waals surface area contributed by atoms with Crippen molar-refractivity contribution in [1.82, 2.24) is 10.2 Å². The Morgan fingerprint density at radius 1 is 1.10 bits per heavy atom. The summed E-state index contributed by atoms with van der Waals surface area (Å²) in [6.07, 6.45) is 0.677. The van der Waals surface area contributed by atoms with E-state index in [9.17, 15) is 18.0 Å². The van der Waals surface area contributed by atoms with E-state index in [1.165, 1.54) is 12.1 Å². The molecular weight excluding hydrogens is 414 g/mol. The molecule has 3 rings (SSSR count). The van der Waals surface area contributed by atoms with Gasteiger partial charge in [-0.2, -0.15) is 0 Å². The zero-order valence-corrected chi connectivity index (χ0v) is 19.1. The summed E-state index contributed by atoms with van der Waals surface area (Å²) in [6.45, 7) is 8.43. The van der Waals surface area contributed by atoms with Gasteiger partial charge in [0.2, 0.25) is 5.91 Å². The third-order valence-electron chi connectivity index (χ3n) is 5.36. The number of aryl methyl sites for hydroxylation is 2. The number of carbonyl (C=O) groups is 2. The predicted molar refractivity (Wildman–Crippen MR) is 120 cm³/mol. The van der Waals surface area contributed by atoms with Gasteiger partial charge >= 0.3 is 0 Å². The first-order valence-corrected chi connectivity index (χ1v) is 11.8. The van der Waals surface area contributed by atoms with Gasteiger partial charge in [-0.25, -0.2) is 8.42 Å². The minimum absolute atomic E-state index is 0.0211. The van der Waals surface area contributed by atoms with Gasteiger partial charge in [-0.15, -0.1) is 0 Å². The second-order valence-corrected chi connectivity index (χ2v) is 10.0. The fourth-order valence-electron chi connectivity index (χ4n) is 3.64. The molecular formula is C23H29N3O4S. The van der Waals surface area contributed by atoms with Gasteiger partial charge in [0.05, 0.1) is 4.90 Å². The van der Waals surface area contributed by atoms with Crippen LogP contribution in [0, 0.1) is 19.8 Å². The molecule has 2 amide bonds. The molecule has 1 atom stereocenters. The Labute approximate surface area is 183 Å². The number of anilines is 1. The lowest BCUT2D eigenvalue weighted by molar-refractivity contribution is -0.133. The molecule has 2 N–H and O–H groups in total. The van der Waals surface area contributed by atoms with Gasteiger partial charge < -0.3 is 10.2 Å². The molecule has 166 valence electrons. The molecule has 2 aromatic rings. The van der Waals surface area contributed by atoms with Crippen LogP contribution in [-0.4, -0.2) is 44.3 Å². The third-order valence-corrected chi connectivity index (χ3v) is 6.74. The molecule has 31 heavy (non-hydrogen) atoms. The van der Waals surface area contributed by atoms with Gasteiger partial charge in [-0.05, 0) is 55.7 Å². The van der Waals surface area contributed by atoms with Crippen LogP contribution in [0.1, 0.15) is 41.8 Å². The SMILES string of the molecule is Cc1cccc(NS(=O)(=O)c2ccc(C)c(C(=O)NC3CCN(C(=O)C(C)C)C3)c2)c1. The minimum Gasteiger partial charge on any atom is -0.347 e. The number of carbonyl (C=O) groups excluding carboxylic acids is 2. The Hall–Kier alpha value is -2.87. The van der Waals surface area contributed by atoms with Crippen molar-refractivity contribution in [2.75, 3.05) is 17.8 Å². The molecule has 0 spiro atoms. The number of hydrogen-bond donors (Lipinski definition) is 2. The van der Waals surface area contributed by atoms with E-state index in [2.05, 4.69) is 10.0 Å². The van der Waals surface area contributed by atoms with Crippen molar-refractivity contribution in [1.29, 1.82) is 0 Å². The van der Waals surface area contributed by atoms with Gasteiger partial charge in [0, 0.05) is 36.3 Å². The summed E-state index contributed by atoms with van der Waals surface area (Å²) in [5.41, 5.74) is 2.39. The van der Waals surface area contributed by atoms with Crippen molar-refractivity contribution in [2.45, 2.75) is 45.1 Å². The van der Waals surface area contributed by atoms with Crippen LogP contribution in [0.3, 0.4) is 0 Å². The van der Waals surface area contributed by atoms with Crippen molar-refractivity contribution in [2.24, 2.45) is 5.92 Å². The first kappa shape index (κ1) is 22.8. The van der Waals surface area contributed by atoms with E-state index in [1.807, 2.05) is 26.8 Å². The summed E-state index contributed by atoms with van der Waals surface area (Å²) in [5.74, 6) is -0.350. The molecule has 1 aliphatic heterocycles. The Bertz CT molecular complexity index is 1100. The first-order valence-electron chi connectivity index (χ1n) is 10.4. The summed E-state index contributed by atoms with van der Waals surface area (Å²) in [4.78, 5) is 26.8. The molecule has 0 saturated carbocycles. The summed E-state index contributed by atoms with van der Waals surface area (Å²) in [7, 11) is -3.84. The first-order chi connectivity index (χ1) is 14.6. The number of nitrogens with zero attached hydrogens (tertiary/aromatic N) is 1. The lowest BCUT2D eigenvalue weighted by Crippen LogP contribution is -2.39. The maximum atomic E-state index is 12.9. The van der Waals surface area contributed by atoms with Gasteiger partial charge in [0.25, 0.3) is 15.9 Å². The summed E-state index contributed by atoms with van der Waals surface area (Å²) in [6, 6.07) is 11.4. The third kappa shape index (κ3) is 5.44. The zero-order chi connectivity index (χ0) is 22.8. The van der Waals surface area contributed by atoms with Crippen molar-refractivity contribution >= 4 is 27.5 Å². The summed E-state index contributed by atoms with van der Waals surface area (Å²) < 4.78 is 28.2. The van der Waals surface area contributed by atoms with Crippen molar-refractivity contribution < 1.29 is 18.0 Å². The van der Waals surface area contributed by atoms with Crippen LogP contribution in [0.25, 0.3) is 0 Å². The average Bonchev–Trinajstić information content (AvgIpc) is 3.15. The Morgan fingerprint density at radius 2 is 1.84 bits per heavy atom. The molecule has 7 nitrogen and oxygen atoms in total. The van der Waals surface area contributed by atoms with E-state index >= 15 is 0 Å². The largest absolute Gasteiger partial charge is 0.347 e. The number of benzene rings is 2. The van der Waals surface area contributed by atoms with E-state index in [0.29, 0.717) is 36.3 Å². The highest BCUT2D eigenvalue weighted by Crippen LogP contribution is 2.21. The molecule has 0 aromatic heterocycles. The van der Waals surface area contributed by atoms with Crippen LogP contribution >= 0.6 is 0 Å². The highest BCUT2D eigenvalue weighted by molar-refractivity contribution is 7.92. The topological polar surface area (TPSA) is 95.6 Å². The monoisotopic (exact) mass is 443 g/mol. The number of sulfonamides is 1. The average molecular weight is 444 g/mol. The number of hydrogen-bond acceptors (Lipinski definition) is 4. The molecule has 1 unspecified atom stereocenters. The normalized spacial score (nSPS) is 16.4. The van der Waals surface area contributed by atoms with Gasteiger partial charge in [-0.3, -0.25) is 14.3 Å². The lowest BCUT2D eigenvalue weighted by atomic mass is 10.1. The molecule has 1 heterocycles. The second kappa shape index (κ2) is 9.09. The van der Waals surface area contributed by atoms with Crippen molar-refractivity contribution in [3.05, 3.63) is 59.2 Å². The zero-order valence-electron chi connectivity index (χ0n) is 18.3. The number of rotatable bonds is 6. The molecule has 0 aliphatic carbocycles. The van der Waals surface area contributed by atoms with Crippen LogP contribution in [0.5, 0.6) is 0 Å². The van der Waals surface area contributed by atoms with E-state index in [4.69, 9.17) is 0 Å². The molecule has 1 aliphatic rings. The smallest absolute Gasteiger partial charge is 0.261 e. The fraction of sp³-hybridized carbons (Fsp3) is 0.391. The lowest BCUT2D eigenvalue weighted by Gasteiger charge is -2.19. The van der Waals surface area contributed by atoms with E-state index < -0.39 is 10.0 Å². The molecule has 2 aromatic carbocycles. The van der Waals surface area contributed by atoms with E-state index in [1.54, 1.807) is 36.1 Å². The fourth-order valence-corrected chi connectivity index (χ4v) is 4.72. The minimum atomic E-state index is -3.84. The highest BCUT2D eigenvalue weighted by atomic mass is 32.2. The van der Waals surface area contributed by atoms with Gasteiger partial charge in [-0.1, -0.05) is 32.0 Å². The molecule has 1 fully saturated rings. The molecule has 0 radical (unpaired) electrons. The predicted octanol–water partition coefficient (Wildman–Crippen LogP) is 3.09. The Morgan fingerprint density at radius 3 is 2.52 bits per heavy atom. The maximum absolute atomic E-state index is 12.9.